The molecule has 3 atom stereocenters. The summed E-state index contributed by atoms with van der Waals surface area (Å²) in [5.41, 5.74) is 2.40. The van der Waals surface area contributed by atoms with Crippen LogP contribution in [0.15, 0.2) is 48.5 Å². The monoisotopic (exact) mass is 392 g/mol. The number of aliphatic hydroxyl groups is 1. The highest BCUT2D eigenvalue weighted by Gasteiger charge is 2.52. The summed E-state index contributed by atoms with van der Waals surface area (Å²) < 4.78 is 4.85. The van der Waals surface area contributed by atoms with Crippen LogP contribution in [-0.2, 0) is 16.6 Å². The molecule has 0 saturated heterocycles. The first kappa shape index (κ1) is 19.8. The molecule has 2 aromatic carbocycles. The fourth-order valence-electron chi connectivity index (χ4n) is 5.43. The van der Waals surface area contributed by atoms with Crippen LogP contribution >= 0.6 is 0 Å². The molecule has 4 heteroatoms. The van der Waals surface area contributed by atoms with Gasteiger partial charge in [-0.25, -0.2) is 4.79 Å². The van der Waals surface area contributed by atoms with Crippen LogP contribution < -0.4 is 0 Å². The molecule has 2 aliphatic carbocycles. The van der Waals surface area contributed by atoms with Gasteiger partial charge >= 0.3 is 5.97 Å². The van der Waals surface area contributed by atoms with Crippen LogP contribution in [0.1, 0.15) is 70.9 Å². The maximum Gasteiger partial charge on any atom is 0.337 e. The van der Waals surface area contributed by atoms with Crippen molar-refractivity contribution >= 4 is 11.8 Å². The molecule has 152 valence electrons. The van der Waals surface area contributed by atoms with Gasteiger partial charge in [-0.3, -0.25) is 4.79 Å². The van der Waals surface area contributed by atoms with E-state index in [0.717, 1.165) is 24.8 Å². The van der Waals surface area contributed by atoms with E-state index < -0.39 is 11.6 Å². The molecule has 2 aromatic rings. The van der Waals surface area contributed by atoms with Crippen LogP contribution in [-0.4, -0.2) is 29.6 Å². The lowest BCUT2D eigenvalue weighted by atomic mass is 9.52. The Morgan fingerprint density at radius 1 is 1.17 bits per heavy atom. The lowest BCUT2D eigenvalue weighted by Crippen LogP contribution is -2.52. The molecule has 0 bridgehead atoms. The van der Waals surface area contributed by atoms with Crippen molar-refractivity contribution in [2.75, 3.05) is 7.11 Å². The normalized spacial score (nSPS) is 28.4. The quantitative estimate of drug-likeness (QED) is 0.779. The van der Waals surface area contributed by atoms with Gasteiger partial charge in [-0.1, -0.05) is 43.3 Å². The Morgan fingerprint density at radius 3 is 2.62 bits per heavy atom. The Bertz CT molecular complexity index is 935. The summed E-state index contributed by atoms with van der Waals surface area (Å²) in [4.78, 5) is 25.1. The molecule has 3 unspecified atom stereocenters. The van der Waals surface area contributed by atoms with Crippen LogP contribution in [0.4, 0.5) is 0 Å². The van der Waals surface area contributed by atoms with Crippen molar-refractivity contribution in [2.24, 2.45) is 5.92 Å². The lowest BCUT2D eigenvalue weighted by molar-refractivity contribution is -0.0503. The van der Waals surface area contributed by atoms with Crippen molar-refractivity contribution < 1.29 is 19.4 Å². The number of methoxy groups -OCH3 is 1. The summed E-state index contributed by atoms with van der Waals surface area (Å²) in [5.74, 6) is -0.283. The number of rotatable bonds is 4. The molecule has 1 N–H and O–H groups in total. The van der Waals surface area contributed by atoms with Crippen molar-refractivity contribution in [1.82, 2.24) is 0 Å². The van der Waals surface area contributed by atoms with Crippen LogP contribution in [0.25, 0.3) is 0 Å². The van der Waals surface area contributed by atoms with Crippen molar-refractivity contribution in [1.29, 1.82) is 0 Å². The summed E-state index contributed by atoms with van der Waals surface area (Å²) in [6.07, 6.45) is 4.13. The van der Waals surface area contributed by atoms with Crippen LogP contribution in [0.5, 0.6) is 0 Å². The number of fused-ring (bicyclic) bond motifs is 3. The molecule has 0 aromatic heterocycles. The van der Waals surface area contributed by atoms with E-state index in [1.165, 1.54) is 12.7 Å². The highest BCUT2D eigenvalue weighted by molar-refractivity contribution is 6.02. The third-order valence-corrected chi connectivity index (χ3v) is 7.17. The molecule has 1 saturated carbocycles. The smallest absolute Gasteiger partial charge is 0.337 e. The topological polar surface area (TPSA) is 63.6 Å². The largest absolute Gasteiger partial charge is 0.465 e. The van der Waals surface area contributed by atoms with Gasteiger partial charge in [0, 0.05) is 17.4 Å². The van der Waals surface area contributed by atoms with Gasteiger partial charge in [0.1, 0.15) is 0 Å². The predicted molar refractivity (Wildman–Crippen MR) is 111 cm³/mol. The van der Waals surface area contributed by atoms with Crippen LogP contribution in [0.3, 0.4) is 0 Å². The highest BCUT2D eigenvalue weighted by Crippen LogP contribution is 2.54. The summed E-state index contributed by atoms with van der Waals surface area (Å²) >= 11 is 0. The maximum absolute atomic E-state index is 13.1. The first-order valence-electron chi connectivity index (χ1n) is 10.4. The number of esters is 1. The van der Waals surface area contributed by atoms with E-state index in [9.17, 15) is 14.7 Å². The SMILES string of the molecule is CCC1(O)CCC2(Cc3ccccc3)c3ccc(C(=O)OC)cc3C(=O)CC2C1. The number of carbonyl (C=O) groups is 2. The molecule has 0 aliphatic heterocycles. The third-order valence-electron chi connectivity index (χ3n) is 7.17. The Hall–Kier alpha value is -2.46. The zero-order chi connectivity index (χ0) is 20.6. The fourth-order valence-corrected chi connectivity index (χ4v) is 5.43. The zero-order valence-corrected chi connectivity index (χ0v) is 17.1. The minimum absolute atomic E-state index is 0.0554. The number of carbonyl (C=O) groups excluding carboxylic acids is 2. The van der Waals surface area contributed by atoms with E-state index >= 15 is 0 Å². The second-order valence-corrected chi connectivity index (χ2v) is 8.68. The Labute approximate surface area is 171 Å². The van der Waals surface area contributed by atoms with Crippen LogP contribution in [0, 0.1) is 5.92 Å². The first-order valence-corrected chi connectivity index (χ1v) is 10.4. The molecule has 0 amide bonds. The second kappa shape index (κ2) is 7.42. The second-order valence-electron chi connectivity index (χ2n) is 8.68. The fraction of sp³-hybridized carbons (Fsp3) is 0.440. The average molecular weight is 392 g/mol. The molecule has 4 rings (SSSR count). The van der Waals surface area contributed by atoms with Crippen LogP contribution in [0.2, 0.25) is 0 Å². The lowest BCUT2D eigenvalue weighted by Gasteiger charge is -2.53. The van der Waals surface area contributed by atoms with Gasteiger partial charge in [-0.15, -0.1) is 0 Å². The summed E-state index contributed by atoms with van der Waals surface area (Å²) in [5, 5.41) is 11.0. The first-order chi connectivity index (χ1) is 13.9. The van der Waals surface area contributed by atoms with E-state index in [-0.39, 0.29) is 17.1 Å². The Balaban J connectivity index is 1.84. The summed E-state index contributed by atoms with van der Waals surface area (Å²) in [6, 6.07) is 15.8. The van der Waals surface area contributed by atoms with Gasteiger partial charge in [0.05, 0.1) is 18.3 Å². The summed E-state index contributed by atoms with van der Waals surface area (Å²) in [7, 11) is 1.35. The van der Waals surface area contributed by atoms with E-state index in [1.807, 2.05) is 31.2 Å². The van der Waals surface area contributed by atoms with Crippen molar-refractivity contribution in [2.45, 2.75) is 56.5 Å². The standard InChI is InChI=1S/C25H28O4/c1-3-24(28)11-12-25(15-17-7-5-4-6-8-17)19(16-24)14-22(26)20-13-18(23(27)29-2)9-10-21(20)25/h4-10,13,19,28H,3,11-12,14-16H2,1-2H3. The van der Waals surface area contributed by atoms with Gasteiger partial charge in [-0.2, -0.15) is 0 Å². The maximum atomic E-state index is 13.1. The van der Waals surface area contributed by atoms with E-state index in [0.29, 0.717) is 30.4 Å². The number of hydrogen-bond donors (Lipinski definition) is 1. The Kier molecular flexibility index (Phi) is 5.07. The van der Waals surface area contributed by atoms with Gasteiger partial charge < -0.3 is 9.84 Å². The molecule has 0 heterocycles. The number of benzene rings is 2. The van der Waals surface area contributed by atoms with E-state index in [4.69, 9.17) is 4.74 Å². The average Bonchev–Trinajstić information content (AvgIpc) is 2.75. The van der Waals surface area contributed by atoms with Crippen molar-refractivity contribution in [3.8, 4) is 0 Å². The van der Waals surface area contributed by atoms with Crippen molar-refractivity contribution in [3.63, 3.8) is 0 Å². The van der Waals surface area contributed by atoms with E-state index in [2.05, 4.69) is 12.1 Å². The molecule has 0 spiro atoms. The molecule has 4 nitrogen and oxygen atoms in total. The minimum atomic E-state index is -0.700. The number of Topliss-reactive ketones (excluding diaryl/α,β-unsaturated/α-hetero) is 1. The minimum Gasteiger partial charge on any atom is -0.465 e. The molecule has 29 heavy (non-hydrogen) atoms. The third kappa shape index (κ3) is 3.40. The number of hydrogen-bond acceptors (Lipinski definition) is 4. The van der Waals surface area contributed by atoms with Crippen molar-refractivity contribution in [3.05, 3.63) is 70.8 Å². The highest BCUT2D eigenvalue weighted by atomic mass is 16.5. The predicted octanol–water partition coefficient (Wildman–Crippen LogP) is 4.48. The molecular formula is C25H28O4. The molecule has 0 radical (unpaired) electrons. The zero-order valence-electron chi connectivity index (χ0n) is 17.1. The van der Waals surface area contributed by atoms with Gasteiger partial charge in [0.15, 0.2) is 5.78 Å². The molecular weight excluding hydrogens is 364 g/mol. The number of ether oxygens (including phenoxy) is 1. The molecule has 2 aliphatic rings. The molecule has 1 fully saturated rings. The van der Waals surface area contributed by atoms with Gasteiger partial charge in [0.2, 0.25) is 0 Å². The summed E-state index contributed by atoms with van der Waals surface area (Å²) in [6.45, 7) is 2.02. The Morgan fingerprint density at radius 2 is 1.93 bits per heavy atom. The van der Waals surface area contributed by atoms with Gasteiger partial charge in [-0.05, 0) is 61.3 Å². The van der Waals surface area contributed by atoms with E-state index in [1.54, 1.807) is 12.1 Å². The number of ketones is 1. The van der Waals surface area contributed by atoms with Gasteiger partial charge in [0.25, 0.3) is 0 Å².